The fourth-order valence-corrected chi connectivity index (χ4v) is 3.11. The summed E-state index contributed by atoms with van der Waals surface area (Å²) in [6, 6.07) is 18.6. The molecule has 120 valence electrons. The van der Waals surface area contributed by atoms with Crippen molar-refractivity contribution in [3.05, 3.63) is 60.2 Å². The van der Waals surface area contributed by atoms with Crippen LogP contribution in [0.1, 0.15) is 5.56 Å². The van der Waals surface area contributed by atoms with Crippen molar-refractivity contribution >= 4 is 42.8 Å². The van der Waals surface area contributed by atoms with Gasteiger partial charge in [-0.3, -0.25) is 9.89 Å². The maximum atomic E-state index is 4.53. The topological polar surface area (TPSA) is 18.8 Å². The molecule has 0 bridgehead atoms. The van der Waals surface area contributed by atoms with Crippen LogP contribution in [0.25, 0.3) is 0 Å². The van der Waals surface area contributed by atoms with E-state index in [0.717, 1.165) is 37.4 Å². The molecule has 0 unspecified atom stereocenters. The van der Waals surface area contributed by atoms with Crippen molar-refractivity contribution < 1.29 is 0 Å². The fraction of sp³-hybridized carbons (Fsp3) is 0.278. The molecule has 0 aliphatic carbocycles. The maximum Gasteiger partial charge on any atom is 0.0970 e. The van der Waals surface area contributed by atoms with Gasteiger partial charge in [-0.2, -0.15) is 0 Å². The van der Waals surface area contributed by atoms with Gasteiger partial charge in [-0.1, -0.05) is 30.3 Å². The van der Waals surface area contributed by atoms with Gasteiger partial charge >= 0.3 is 0 Å². The molecule has 2 aromatic carbocycles. The molecule has 0 atom stereocenters. The Kier molecular flexibility index (Phi) is 5.65. The van der Waals surface area contributed by atoms with Gasteiger partial charge in [-0.15, -0.1) is 25.3 Å². The van der Waals surface area contributed by atoms with E-state index in [4.69, 9.17) is 0 Å². The van der Waals surface area contributed by atoms with Crippen LogP contribution in [0, 0.1) is 0 Å². The van der Waals surface area contributed by atoms with Gasteiger partial charge in [0.1, 0.15) is 0 Å². The van der Waals surface area contributed by atoms with Gasteiger partial charge in [0.15, 0.2) is 0 Å². The largest absolute Gasteiger partial charge is 0.369 e. The van der Waals surface area contributed by atoms with E-state index in [-0.39, 0.29) is 4.71 Å². The van der Waals surface area contributed by atoms with Crippen molar-refractivity contribution in [3.8, 4) is 0 Å². The molecule has 1 heterocycles. The molecular weight excluding hydrogens is 322 g/mol. The van der Waals surface area contributed by atoms with E-state index < -0.39 is 0 Å². The van der Waals surface area contributed by atoms with Crippen LogP contribution < -0.4 is 4.90 Å². The van der Waals surface area contributed by atoms with Crippen LogP contribution >= 0.6 is 25.3 Å². The zero-order chi connectivity index (χ0) is 16.1. The summed E-state index contributed by atoms with van der Waals surface area (Å²) in [5.41, 5.74) is 3.33. The number of nitrogens with zero attached hydrogens (tertiary/aromatic N) is 3. The number of rotatable bonds is 4. The Morgan fingerprint density at radius 2 is 1.52 bits per heavy atom. The van der Waals surface area contributed by atoms with E-state index in [1.807, 2.05) is 36.5 Å². The van der Waals surface area contributed by atoms with Gasteiger partial charge in [-0.05, 0) is 29.8 Å². The first-order valence-corrected chi connectivity index (χ1v) is 8.80. The van der Waals surface area contributed by atoms with E-state index in [0.29, 0.717) is 0 Å². The lowest BCUT2D eigenvalue weighted by molar-refractivity contribution is 0.287. The summed E-state index contributed by atoms with van der Waals surface area (Å²) >= 11 is 8.76. The van der Waals surface area contributed by atoms with Crippen molar-refractivity contribution in [2.45, 2.75) is 4.71 Å². The molecule has 1 saturated heterocycles. The molecule has 1 aliphatic rings. The number of aliphatic imine (C=N–C) groups is 1. The molecular formula is C18H21N3S2. The highest BCUT2D eigenvalue weighted by Gasteiger charge is 2.19. The number of benzene rings is 2. The van der Waals surface area contributed by atoms with Gasteiger partial charge in [0.2, 0.25) is 0 Å². The Morgan fingerprint density at radius 3 is 2.13 bits per heavy atom. The first-order chi connectivity index (χ1) is 11.2. The molecule has 3 nitrogen and oxygen atoms in total. The smallest absolute Gasteiger partial charge is 0.0970 e. The zero-order valence-corrected chi connectivity index (χ0v) is 14.7. The molecule has 3 rings (SSSR count). The molecule has 1 fully saturated rings. The fourth-order valence-electron chi connectivity index (χ4n) is 2.65. The van der Waals surface area contributed by atoms with Gasteiger partial charge in [-0.25, -0.2) is 0 Å². The third kappa shape index (κ3) is 4.53. The average molecular weight is 344 g/mol. The highest BCUT2D eigenvalue weighted by molar-refractivity contribution is 7.99. The molecule has 5 heteroatoms. The van der Waals surface area contributed by atoms with Gasteiger partial charge in [0.25, 0.3) is 0 Å². The lowest BCUT2D eigenvalue weighted by Gasteiger charge is -2.37. The Labute approximate surface area is 148 Å². The van der Waals surface area contributed by atoms with E-state index in [9.17, 15) is 0 Å². The van der Waals surface area contributed by atoms with Crippen LogP contribution in [0.2, 0.25) is 0 Å². The highest BCUT2D eigenvalue weighted by atomic mass is 32.2. The lowest BCUT2D eigenvalue weighted by Crippen LogP contribution is -2.47. The number of hydrogen-bond donors (Lipinski definition) is 2. The number of hydrogen-bond acceptors (Lipinski definition) is 5. The summed E-state index contributed by atoms with van der Waals surface area (Å²) in [6.45, 7) is 3.99. The van der Waals surface area contributed by atoms with Crippen LogP contribution in [0.15, 0.2) is 59.6 Å². The normalized spacial score (nSPS) is 16.4. The Morgan fingerprint density at radius 1 is 0.870 bits per heavy atom. The summed E-state index contributed by atoms with van der Waals surface area (Å²) in [5, 5.41) is 0. The van der Waals surface area contributed by atoms with E-state index >= 15 is 0 Å². The minimum atomic E-state index is 0.0341. The van der Waals surface area contributed by atoms with Crippen LogP contribution in [-0.2, 0) is 0 Å². The number of anilines is 1. The standard InChI is InChI=1S/C18H21N3S2/c22-18(23)21-12-10-20(11-13-21)17-8-6-16(7-9-17)19-14-15-4-2-1-3-5-15/h1-9,14,18,22-23H,10-13H2. The van der Waals surface area contributed by atoms with Gasteiger partial charge in [0.05, 0.1) is 10.4 Å². The van der Waals surface area contributed by atoms with Gasteiger partial charge in [0, 0.05) is 38.1 Å². The SMILES string of the molecule is SC(S)N1CCN(c2ccc(N=Cc3ccccc3)cc2)CC1. The minimum Gasteiger partial charge on any atom is -0.369 e. The van der Waals surface area contributed by atoms with Crippen molar-refractivity contribution in [2.24, 2.45) is 4.99 Å². The highest BCUT2D eigenvalue weighted by Crippen LogP contribution is 2.22. The molecule has 23 heavy (non-hydrogen) atoms. The van der Waals surface area contributed by atoms with Crippen LogP contribution in [0.3, 0.4) is 0 Å². The first kappa shape index (κ1) is 16.4. The van der Waals surface area contributed by atoms with E-state index in [1.165, 1.54) is 5.69 Å². The first-order valence-electron chi connectivity index (χ1n) is 7.77. The lowest BCUT2D eigenvalue weighted by atomic mass is 10.2. The second-order valence-electron chi connectivity index (χ2n) is 5.55. The second-order valence-corrected chi connectivity index (χ2v) is 6.94. The molecule has 2 aromatic rings. The summed E-state index contributed by atoms with van der Waals surface area (Å²) in [7, 11) is 0. The molecule has 0 spiro atoms. The summed E-state index contributed by atoms with van der Waals surface area (Å²) in [6.07, 6.45) is 1.90. The Hall–Kier alpha value is -1.43. The third-order valence-electron chi connectivity index (χ3n) is 4.02. The average Bonchev–Trinajstić information content (AvgIpc) is 2.61. The number of piperazine rings is 1. The maximum absolute atomic E-state index is 4.53. The predicted octanol–water partition coefficient (Wildman–Crippen LogP) is 3.70. The molecule has 0 radical (unpaired) electrons. The van der Waals surface area contributed by atoms with E-state index in [1.54, 1.807) is 0 Å². The molecule has 0 aromatic heterocycles. The van der Waals surface area contributed by atoms with Crippen molar-refractivity contribution in [1.29, 1.82) is 0 Å². The third-order valence-corrected chi connectivity index (χ3v) is 4.67. The molecule has 0 N–H and O–H groups in total. The minimum absolute atomic E-state index is 0.0341. The Balaban J connectivity index is 1.60. The second kappa shape index (κ2) is 7.90. The predicted molar refractivity (Wildman–Crippen MR) is 106 cm³/mol. The monoisotopic (exact) mass is 343 g/mol. The summed E-state index contributed by atoms with van der Waals surface area (Å²) in [5.74, 6) is 0. The summed E-state index contributed by atoms with van der Waals surface area (Å²) in [4.78, 5) is 9.19. The number of thiol groups is 2. The van der Waals surface area contributed by atoms with Crippen molar-refractivity contribution in [3.63, 3.8) is 0 Å². The molecule has 1 aliphatic heterocycles. The Bertz CT molecular complexity index is 633. The van der Waals surface area contributed by atoms with Crippen molar-refractivity contribution in [2.75, 3.05) is 31.1 Å². The molecule has 0 saturated carbocycles. The van der Waals surface area contributed by atoms with E-state index in [2.05, 4.69) is 64.3 Å². The van der Waals surface area contributed by atoms with Crippen LogP contribution in [0.5, 0.6) is 0 Å². The quantitative estimate of drug-likeness (QED) is 0.501. The summed E-state index contributed by atoms with van der Waals surface area (Å²) < 4.78 is 0.0341. The van der Waals surface area contributed by atoms with Crippen molar-refractivity contribution in [1.82, 2.24) is 4.90 Å². The van der Waals surface area contributed by atoms with Gasteiger partial charge < -0.3 is 4.90 Å². The van der Waals surface area contributed by atoms with Crippen LogP contribution in [-0.4, -0.2) is 42.0 Å². The van der Waals surface area contributed by atoms with Crippen LogP contribution in [0.4, 0.5) is 11.4 Å². The zero-order valence-electron chi connectivity index (χ0n) is 12.9. The molecule has 0 amide bonds.